The van der Waals surface area contributed by atoms with Gasteiger partial charge in [0.05, 0.1) is 18.2 Å². The summed E-state index contributed by atoms with van der Waals surface area (Å²) in [6.45, 7) is 0. The molecular weight excluding hydrogens is 383 g/mol. The van der Waals surface area contributed by atoms with Crippen LogP contribution in [0.25, 0.3) is 10.6 Å². The molecule has 0 saturated heterocycles. The van der Waals surface area contributed by atoms with Crippen LogP contribution >= 0.6 is 11.3 Å². The molecule has 0 bridgehead atoms. The fourth-order valence-electron chi connectivity index (χ4n) is 2.25. The zero-order chi connectivity index (χ0) is 19.6. The number of H-pyrrole nitrogens is 1. The maximum atomic E-state index is 12.8. The van der Waals surface area contributed by atoms with Crippen molar-refractivity contribution in [3.8, 4) is 16.3 Å². The molecule has 140 valence electrons. The van der Waals surface area contributed by atoms with Crippen molar-refractivity contribution in [2.24, 2.45) is 0 Å². The molecule has 0 radical (unpaired) electrons. The number of para-hydroxylation sites is 1. The quantitative estimate of drug-likeness (QED) is 0.704. The minimum absolute atomic E-state index is 0.0299. The molecule has 10 heteroatoms. The Balaban J connectivity index is 1.86. The summed E-state index contributed by atoms with van der Waals surface area (Å²) < 4.78 is 43.5. The zero-order valence-electron chi connectivity index (χ0n) is 13.8. The van der Waals surface area contributed by atoms with E-state index in [1.807, 2.05) is 4.98 Å². The molecule has 1 aromatic carbocycles. The van der Waals surface area contributed by atoms with Crippen molar-refractivity contribution in [2.75, 3.05) is 12.4 Å². The number of rotatable bonds is 4. The van der Waals surface area contributed by atoms with Crippen LogP contribution in [0.15, 0.2) is 46.7 Å². The predicted octanol–water partition coefficient (Wildman–Crippen LogP) is 3.78. The van der Waals surface area contributed by atoms with E-state index in [0.717, 1.165) is 11.3 Å². The Morgan fingerprint density at radius 3 is 2.74 bits per heavy atom. The summed E-state index contributed by atoms with van der Waals surface area (Å²) in [7, 11) is 1.50. The first-order valence-electron chi connectivity index (χ1n) is 7.50. The highest BCUT2D eigenvalue weighted by molar-refractivity contribution is 7.13. The number of hydrogen-bond donors (Lipinski definition) is 2. The summed E-state index contributed by atoms with van der Waals surface area (Å²) >= 11 is 1.16. The van der Waals surface area contributed by atoms with Gasteiger partial charge in [-0.25, -0.2) is 4.98 Å². The van der Waals surface area contributed by atoms with Gasteiger partial charge in [0.2, 0.25) is 0 Å². The van der Waals surface area contributed by atoms with E-state index in [-0.39, 0.29) is 5.69 Å². The first-order valence-corrected chi connectivity index (χ1v) is 8.37. The first-order chi connectivity index (χ1) is 12.8. The molecule has 0 aliphatic heterocycles. The molecule has 0 spiro atoms. The van der Waals surface area contributed by atoms with Gasteiger partial charge in [-0.1, -0.05) is 12.1 Å². The number of amides is 1. The number of alkyl halides is 3. The molecule has 0 aliphatic rings. The van der Waals surface area contributed by atoms with Crippen LogP contribution in [-0.2, 0) is 6.18 Å². The second-order valence-electron chi connectivity index (χ2n) is 5.32. The Morgan fingerprint density at radius 2 is 2.04 bits per heavy atom. The van der Waals surface area contributed by atoms with Gasteiger partial charge in [-0.05, 0) is 18.2 Å². The number of halogens is 3. The number of pyridine rings is 1. The van der Waals surface area contributed by atoms with E-state index in [2.05, 4.69) is 10.3 Å². The van der Waals surface area contributed by atoms with E-state index in [1.54, 1.807) is 24.3 Å². The molecule has 0 aliphatic carbocycles. The fourth-order valence-corrected chi connectivity index (χ4v) is 3.08. The molecule has 6 nitrogen and oxygen atoms in total. The highest BCUT2D eigenvalue weighted by Gasteiger charge is 2.31. The van der Waals surface area contributed by atoms with Crippen LogP contribution in [0.2, 0.25) is 0 Å². The van der Waals surface area contributed by atoms with E-state index in [4.69, 9.17) is 4.74 Å². The maximum absolute atomic E-state index is 12.8. The average molecular weight is 395 g/mol. The highest BCUT2D eigenvalue weighted by Crippen LogP contribution is 2.32. The van der Waals surface area contributed by atoms with Crippen molar-refractivity contribution < 1.29 is 22.7 Å². The number of carbonyl (C=O) groups excluding carboxylic acids is 1. The number of nitrogens with zero attached hydrogens (tertiary/aromatic N) is 1. The number of aromatic amines is 1. The Kier molecular flexibility index (Phi) is 5.00. The number of hydrogen-bond acceptors (Lipinski definition) is 5. The van der Waals surface area contributed by atoms with Crippen LogP contribution in [-0.4, -0.2) is 23.0 Å². The lowest BCUT2D eigenvalue weighted by Gasteiger charge is -2.08. The molecule has 1 amide bonds. The Bertz CT molecular complexity index is 1040. The van der Waals surface area contributed by atoms with Gasteiger partial charge in [0.1, 0.15) is 22.1 Å². The van der Waals surface area contributed by atoms with Gasteiger partial charge in [-0.2, -0.15) is 13.2 Å². The number of aromatic nitrogens is 2. The van der Waals surface area contributed by atoms with Crippen LogP contribution in [0.5, 0.6) is 5.75 Å². The van der Waals surface area contributed by atoms with E-state index in [9.17, 15) is 22.8 Å². The van der Waals surface area contributed by atoms with Gasteiger partial charge in [-0.3, -0.25) is 9.59 Å². The van der Waals surface area contributed by atoms with Crippen LogP contribution in [0.3, 0.4) is 0 Å². The Labute approximate surface area is 154 Å². The van der Waals surface area contributed by atoms with Crippen LogP contribution in [0.1, 0.15) is 16.1 Å². The molecule has 0 saturated carbocycles. The van der Waals surface area contributed by atoms with Crippen LogP contribution in [0, 0.1) is 0 Å². The summed E-state index contributed by atoms with van der Waals surface area (Å²) in [5.41, 5.74) is -1.80. The summed E-state index contributed by atoms with van der Waals surface area (Å²) in [6, 6.07) is 7.63. The smallest absolute Gasteiger partial charge is 0.417 e. The third kappa shape index (κ3) is 4.00. The molecule has 2 aromatic heterocycles. The number of ether oxygens (including phenoxy) is 1. The molecule has 27 heavy (non-hydrogen) atoms. The number of anilines is 1. The van der Waals surface area contributed by atoms with E-state index >= 15 is 0 Å². The summed E-state index contributed by atoms with van der Waals surface area (Å²) in [5.74, 6) is -0.231. The zero-order valence-corrected chi connectivity index (χ0v) is 14.6. The molecule has 3 rings (SSSR count). The van der Waals surface area contributed by atoms with E-state index < -0.39 is 28.9 Å². The minimum atomic E-state index is -4.65. The van der Waals surface area contributed by atoms with Gasteiger partial charge in [0.25, 0.3) is 11.5 Å². The molecule has 2 heterocycles. The lowest BCUT2D eigenvalue weighted by Crippen LogP contribution is -2.21. The number of carbonyl (C=O) groups is 1. The molecular formula is C17H12F3N3O3S. The van der Waals surface area contributed by atoms with Crippen molar-refractivity contribution in [1.82, 2.24) is 9.97 Å². The van der Waals surface area contributed by atoms with E-state index in [1.165, 1.54) is 12.5 Å². The second kappa shape index (κ2) is 7.23. The van der Waals surface area contributed by atoms with Gasteiger partial charge < -0.3 is 15.0 Å². The standard InChI is InChI=1S/C17H12F3N3O3S/c1-26-13-5-3-2-4-10(13)16-23-12(8-27-16)15(25)22-11-6-9(17(18,19)20)7-21-14(11)24/h2-8H,1H3,(H,21,24)(H,22,25). The van der Waals surface area contributed by atoms with Crippen molar-refractivity contribution in [2.45, 2.75) is 6.18 Å². The number of benzene rings is 1. The summed E-state index contributed by atoms with van der Waals surface area (Å²) in [6.07, 6.45) is -4.11. The first kappa shape index (κ1) is 18.6. The third-order valence-electron chi connectivity index (χ3n) is 3.55. The lowest BCUT2D eigenvalue weighted by molar-refractivity contribution is -0.137. The Morgan fingerprint density at radius 1 is 1.30 bits per heavy atom. The van der Waals surface area contributed by atoms with Gasteiger partial charge >= 0.3 is 6.18 Å². The fraction of sp³-hybridized carbons (Fsp3) is 0.118. The SMILES string of the molecule is COc1ccccc1-c1nc(C(=O)Nc2cc(C(F)(F)F)c[nH]c2=O)cs1. The van der Waals surface area contributed by atoms with Crippen molar-refractivity contribution in [3.05, 3.63) is 63.5 Å². The van der Waals surface area contributed by atoms with Crippen molar-refractivity contribution >= 4 is 22.9 Å². The Hall–Kier alpha value is -3.14. The minimum Gasteiger partial charge on any atom is -0.496 e. The topological polar surface area (TPSA) is 84.1 Å². The predicted molar refractivity (Wildman–Crippen MR) is 94.1 cm³/mol. The molecule has 0 unspecified atom stereocenters. The summed E-state index contributed by atoms with van der Waals surface area (Å²) in [5, 5.41) is 4.10. The number of thiazole rings is 1. The average Bonchev–Trinajstić information content (AvgIpc) is 3.12. The van der Waals surface area contributed by atoms with Crippen LogP contribution in [0.4, 0.5) is 18.9 Å². The van der Waals surface area contributed by atoms with Crippen LogP contribution < -0.4 is 15.6 Å². The normalized spacial score (nSPS) is 11.3. The van der Waals surface area contributed by atoms with Gasteiger partial charge in [0, 0.05) is 11.6 Å². The lowest BCUT2D eigenvalue weighted by atomic mass is 10.2. The number of nitrogens with one attached hydrogen (secondary N) is 2. The number of methoxy groups -OCH3 is 1. The molecule has 0 fully saturated rings. The molecule has 3 aromatic rings. The largest absolute Gasteiger partial charge is 0.496 e. The van der Waals surface area contributed by atoms with Crippen molar-refractivity contribution in [1.29, 1.82) is 0 Å². The summed E-state index contributed by atoms with van der Waals surface area (Å²) in [4.78, 5) is 30.1. The monoisotopic (exact) mass is 395 g/mol. The van der Waals surface area contributed by atoms with E-state index in [0.29, 0.717) is 28.6 Å². The third-order valence-corrected chi connectivity index (χ3v) is 4.43. The van der Waals surface area contributed by atoms with Gasteiger partial charge in [-0.15, -0.1) is 11.3 Å². The maximum Gasteiger partial charge on any atom is 0.417 e. The molecule has 0 atom stereocenters. The van der Waals surface area contributed by atoms with Gasteiger partial charge in [0.15, 0.2) is 0 Å². The second-order valence-corrected chi connectivity index (χ2v) is 6.18. The van der Waals surface area contributed by atoms with Crippen molar-refractivity contribution in [3.63, 3.8) is 0 Å². The molecule has 2 N–H and O–H groups in total. The highest BCUT2D eigenvalue weighted by atomic mass is 32.1.